The highest BCUT2D eigenvalue weighted by atomic mass is 16.7. The summed E-state index contributed by atoms with van der Waals surface area (Å²) < 4.78 is 10.0. The summed E-state index contributed by atoms with van der Waals surface area (Å²) in [4.78, 5) is 12.0. The number of methoxy groups -OCH3 is 2. The maximum Gasteiger partial charge on any atom is 0.251 e. The molecule has 0 radical (unpaired) electrons. The summed E-state index contributed by atoms with van der Waals surface area (Å²) in [5, 5.41) is 2.77. The van der Waals surface area contributed by atoms with E-state index in [0.29, 0.717) is 25.1 Å². The van der Waals surface area contributed by atoms with Crippen molar-refractivity contribution in [3.8, 4) is 0 Å². The molecule has 0 unspecified atom stereocenters. The zero-order valence-electron chi connectivity index (χ0n) is 10.8. The van der Waals surface area contributed by atoms with Crippen LogP contribution in [0.4, 0.5) is 0 Å². The molecule has 0 aliphatic carbocycles. The third kappa shape index (κ3) is 4.10. The number of benzene rings is 1. The molecule has 0 heterocycles. The van der Waals surface area contributed by atoms with Crippen LogP contribution in [-0.2, 0) is 15.9 Å². The second-order valence-corrected chi connectivity index (χ2v) is 3.81. The molecule has 0 saturated carbocycles. The van der Waals surface area contributed by atoms with Crippen LogP contribution in [0.1, 0.15) is 15.9 Å². The summed E-state index contributed by atoms with van der Waals surface area (Å²) in [5.41, 5.74) is 7.12. The molecule has 0 aromatic heterocycles. The predicted molar refractivity (Wildman–Crippen MR) is 69.3 cm³/mol. The van der Waals surface area contributed by atoms with Crippen LogP contribution in [0.25, 0.3) is 0 Å². The first-order chi connectivity index (χ1) is 8.72. The minimum atomic E-state index is -0.435. The Balaban J connectivity index is 2.66. The van der Waals surface area contributed by atoms with Gasteiger partial charge in [-0.25, -0.2) is 0 Å². The molecule has 1 aromatic rings. The van der Waals surface area contributed by atoms with Crippen molar-refractivity contribution >= 4 is 5.91 Å². The molecule has 0 spiro atoms. The van der Waals surface area contributed by atoms with Crippen LogP contribution in [0.15, 0.2) is 24.3 Å². The average molecular weight is 252 g/mol. The van der Waals surface area contributed by atoms with E-state index in [1.807, 2.05) is 18.2 Å². The highest BCUT2D eigenvalue weighted by Crippen LogP contribution is 2.09. The second kappa shape index (κ2) is 7.81. The number of hydrogen-bond acceptors (Lipinski definition) is 4. The van der Waals surface area contributed by atoms with Crippen LogP contribution in [0.2, 0.25) is 0 Å². The predicted octanol–water partition coefficient (Wildman–Crippen LogP) is 0.537. The summed E-state index contributed by atoms with van der Waals surface area (Å²) in [7, 11) is 3.06. The first-order valence-electron chi connectivity index (χ1n) is 5.84. The van der Waals surface area contributed by atoms with Gasteiger partial charge in [0.05, 0.1) is 6.54 Å². The Labute approximate surface area is 107 Å². The monoisotopic (exact) mass is 252 g/mol. The molecule has 0 atom stereocenters. The topological polar surface area (TPSA) is 73.6 Å². The number of nitrogens with one attached hydrogen (secondary N) is 1. The Morgan fingerprint density at radius 3 is 2.61 bits per heavy atom. The van der Waals surface area contributed by atoms with Crippen molar-refractivity contribution in [2.75, 3.05) is 27.3 Å². The van der Waals surface area contributed by atoms with Gasteiger partial charge in [0, 0.05) is 19.8 Å². The fourth-order valence-electron chi connectivity index (χ4n) is 1.65. The largest absolute Gasteiger partial charge is 0.354 e. The van der Waals surface area contributed by atoms with E-state index >= 15 is 0 Å². The Hall–Kier alpha value is -1.43. The van der Waals surface area contributed by atoms with E-state index in [0.717, 1.165) is 5.56 Å². The lowest BCUT2D eigenvalue weighted by Gasteiger charge is -2.15. The average Bonchev–Trinajstić information content (AvgIpc) is 2.40. The molecular formula is C13H20N2O3. The van der Waals surface area contributed by atoms with Gasteiger partial charge in [0.2, 0.25) is 0 Å². The van der Waals surface area contributed by atoms with Gasteiger partial charge in [0.1, 0.15) is 0 Å². The van der Waals surface area contributed by atoms with Gasteiger partial charge in [0.15, 0.2) is 6.29 Å². The lowest BCUT2D eigenvalue weighted by atomic mass is 10.0. The van der Waals surface area contributed by atoms with Crippen LogP contribution in [0.3, 0.4) is 0 Å². The maximum atomic E-state index is 12.0. The van der Waals surface area contributed by atoms with Crippen molar-refractivity contribution in [3.63, 3.8) is 0 Å². The Bertz CT molecular complexity index is 378. The van der Waals surface area contributed by atoms with E-state index in [1.54, 1.807) is 6.07 Å². The van der Waals surface area contributed by atoms with Crippen LogP contribution in [-0.4, -0.2) is 39.5 Å². The van der Waals surface area contributed by atoms with E-state index in [-0.39, 0.29) is 5.91 Å². The molecule has 5 nitrogen and oxygen atoms in total. The van der Waals surface area contributed by atoms with Gasteiger partial charge in [-0.2, -0.15) is 0 Å². The highest BCUT2D eigenvalue weighted by molar-refractivity contribution is 5.95. The van der Waals surface area contributed by atoms with Gasteiger partial charge in [-0.15, -0.1) is 0 Å². The smallest absolute Gasteiger partial charge is 0.251 e. The molecule has 0 saturated heterocycles. The third-order valence-electron chi connectivity index (χ3n) is 2.63. The molecule has 1 aromatic carbocycles. The molecule has 1 amide bonds. The quantitative estimate of drug-likeness (QED) is 0.694. The minimum absolute atomic E-state index is 0.141. The van der Waals surface area contributed by atoms with Crippen molar-refractivity contribution in [2.24, 2.45) is 5.73 Å². The number of amides is 1. The number of hydrogen-bond donors (Lipinski definition) is 2. The zero-order chi connectivity index (χ0) is 13.4. The van der Waals surface area contributed by atoms with Crippen molar-refractivity contribution in [1.82, 2.24) is 5.32 Å². The highest BCUT2D eigenvalue weighted by Gasteiger charge is 2.12. The lowest BCUT2D eigenvalue weighted by molar-refractivity contribution is -0.0974. The second-order valence-electron chi connectivity index (χ2n) is 3.81. The fourth-order valence-corrected chi connectivity index (χ4v) is 1.65. The van der Waals surface area contributed by atoms with Crippen molar-refractivity contribution in [3.05, 3.63) is 35.4 Å². The summed E-state index contributed by atoms with van der Waals surface area (Å²) in [6.07, 6.45) is 0.248. The number of nitrogens with two attached hydrogens (primary N) is 1. The summed E-state index contributed by atoms with van der Waals surface area (Å²) in [6, 6.07) is 7.43. The molecule has 0 fully saturated rings. The third-order valence-corrected chi connectivity index (χ3v) is 2.63. The van der Waals surface area contributed by atoms with Crippen LogP contribution < -0.4 is 11.1 Å². The number of carbonyl (C=O) groups excluding carboxylic acids is 1. The van der Waals surface area contributed by atoms with Gasteiger partial charge in [0.25, 0.3) is 5.91 Å². The number of ether oxygens (including phenoxy) is 2. The molecule has 18 heavy (non-hydrogen) atoms. The number of rotatable bonds is 7. The van der Waals surface area contributed by atoms with E-state index in [1.165, 1.54) is 14.2 Å². The van der Waals surface area contributed by atoms with Gasteiger partial charge >= 0.3 is 0 Å². The summed E-state index contributed by atoms with van der Waals surface area (Å²) in [6.45, 7) is 0.825. The van der Waals surface area contributed by atoms with Crippen LogP contribution >= 0.6 is 0 Å². The molecular weight excluding hydrogens is 232 g/mol. The standard InChI is InChI=1S/C13H20N2O3/c1-17-12(18-2)9-15-13(16)11-6-4-3-5-10(11)7-8-14/h3-6,12H,7-9,14H2,1-2H3,(H,15,16). The maximum absolute atomic E-state index is 12.0. The van der Waals surface area contributed by atoms with Crippen molar-refractivity contribution < 1.29 is 14.3 Å². The SMILES string of the molecule is COC(CNC(=O)c1ccccc1CCN)OC. The summed E-state index contributed by atoms with van der Waals surface area (Å²) in [5.74, 6) is -0.141. The molecule has 0 bridgehead atoms. The first kappa shape index (κ1) is 14.6. The van der Waals surface area contributed by atoms with E-state index in [9.17, 15) is 4.79 Å². The number of carbonyl (C=O) groups is 1. The molecule has 0 aliphatic rings. The molecule has 100 valence electrons. The van der Waals surface area contributed by atoms with Crippen LogP contribution in [0.5, 0.6) is 0 Å². The van der Waals surface area contributed by atoms with E-state index in [4.69, 9.17) is 15.2 Å². The molecule has 3 N–H and O–H groups in total. The normalized spacial score (nSPS) is 10.7. The van der Waals surface area contributed by atoms with Gasteiger partial charge in [-0.05, 0) is 24.6 Å². The first-order valence-corrected chi connectivity index (χ1v) is 5.84. The van der Waals surface area contributed by atoms with E-state index < -0.39 is 6.29 Å². The van der Waals surface area contributed by atoms with Gasteiger partial charge in [-0.3, -0.25) is 4.79 Å². The van der Waals surface area contributed by atoms with E-state index in [2.05, 4.69) is 5.32 Å². The van der Waals surface area contributed by atoms with Crippen LogP contribution in [0, 0.1) is 0 Å². The van der Waals surface area contributed by atoms with Crippen molar-refractivity contribution in [2.45, 2.75) is 12.7 Å². The molecule has 0 aliphatic heterocycles. The molecule has 1 rings (SSSR count). The lowest BCUT2D eigenvalue weighted by Crippen LogP contribution is -2.34. The fraction of sp³-hybridized carbons (Fsp3) is 0.462. The molecule has 5 heteroatoms. The van der Waals surface area contributed by atoms with Gasteiger partial charge < -0.3 is 20.5 Å². The zero-order valence-corrected chi connectivity index (χ0v) is 10.8. The minimum Gasteiger partial charge on any atom is -0.354 e. The van der Waals surface area contributed by atoms with Gasteiger partial charge in [-0.1, -0.05) is 18.2 Å². The Kier molecular flexibility index (Phi) is 6.35. The van der Waals surface area contributed by atoms with Crippen molar-refractivity contribution in [1.29, 1.82) is 0 Å². The summed E-state index contributed by atoms with van der Waals surface area (Å²) >= 11 is 0. The Morgan fingerprint density at radius 1 is 1.33 bits per heavy atom. The Morgan fingerprint density at radius 2 is 2.00 bits per heavy atom.